The molecule has 0 atom stereocenters. The van der Waals surface area contributed by atoms with Gasteiger partial charge in [0.25, 0.3) is 0 Å². The topological polar surface area (TPSA) is 54.9 Å². The van der Waals surface area contributed by atoms with Crippen molar-refractivity contribution in [2.24, 2.45) is 0 Å². The van der Waals surface area contributed by atoms with Gasteiger partial charge >= 0.3 is 0 Å². The number of rotatable bonds is 8. The van der Waals surface area contributed by atoms with Crippen LogP contribution in [0.15, 0.2) is 47.4 Å². The Morgan fingerprint density at radius 2 is 1.84 bits per heavy atom. The highest BCUT2D eigenvalue weighted by atomic mass is 32.2. The first-order valence-electron chi connectivity index (χ1n) is 10.4. The first-order chi connectivity index (χ1) is 15.2. The van der Waals surface area contributed by atoms with Crippen molar-refractivity contribution >= 4 is 44.4 Å². The summed E-state index contributed by atoms with van der Waals surface area (Å²) in [6.07, 6.45) is 1.48. The molecule has 1 aliphatic rings. The highest BCUT2D eigenvalue weighted by Gasteiger charge is 2.23. The molecule has 1 amide bonds. The van der Waals surface area contributed by atoms with E-state index in [1.54, 1.807) is 37.3 Å². The van der Waals surface area contributed by atoms with Crippen molar-refractivity contribution in [3.8, 4) is 11.5 Å². The molecule has 1 aromatic heterocycles. The van der Waals surface area contributed by atoms with E-state index in [4.69, 9.17) is 14.5 Å². The number of aromatic nitrogens is 1. The molecule has 1 fully saturated rings. The molecule has 1 aliphatic heterocycles. The van der Waals surface area contributed by atoms with Gasteiger partial charge in [0.15, 0.2) is 5.13 Å². The molecule has 4 rings (SSSR count). The Hall–Kier alpha value is -2.45. The number of thiazole rings is 1. The molecule has 0 radical (unpaired) electrons. The number of carbonyl (C=O) groups is 1. The summed E-state index contributed by atoms with van der Waals surface area (Å²) in [6, 6.07) is 14.1. The minimum Gasteiger partial charge on any atom is -0.497 e. The highest BCUT2D eigenvalue weighted by Crippen LogP contribution is 2.34. The molecule has 0 spiro atoms. The number of anilines is 1. The number of para-hydroxylation sites is 1. The lowest BCUT2D eigenvalue weighted by Crippen LogP contribution is -2.48. The summed E-state index contributed by atoms with van der Waals surface area (Å²) in [7, 11) is 3.34. The number of piperazine rings is 1. The second-order valence-electron chi connectivity index (χ2n) is 7.30. The molecular formula is C23H27N3O3S2. The Morgan fingerprint density at radius 1 is 1.06 bits per heavy atom. The zero-order valence-electron chi connectivity index (χ0n) is 17.9. The average Bonchev–Trinajstić information content (AvgIpc) is 3.27. The van der Waals surface area contributed by atoms with Gasteiger partial charge in [0.05, 0.1) is 18.9 Å². The summed E-state index contributed by atoms with van der Waals surface area (Å²) < 4.78 is 11.7. The van der Waals surface area contributed by atoms with E-state index in [1.807, 2.05) is 29.2 Å². The number of hydrogen-bond acceptors (Lipinski definition) is 7. The van der Waals surface area contributed by atoms with Crippen molar-refractivity contribution in [2.45, 2.75) is 17.7 Å². The predicted octanol–water partition coefficient (Wildman–Crippen LogP) is 4.53. The molecule has 164 valence electrons. The summed E-state index contributed by atoms with van der Waals surface area (Å²) in [4.78, 5) is 22.9. The fraction of sp³-hybridized carbons (Fsp3) is 0.391. The van der Waals surface area contributed by atoms with Crippen LogP contribution in [0.2, 0.25) is 0 Å². The number of benzene rings is 2. The number of methoxy groups -OCH3 is 2. The van der Waals surface area contributed by atoms with Crippen LogP contribution in [-0.4, -0.2) is 61.9 Å². The smallest absolute Gasteiger partial charge is 0.222 e. The molecule has 1 saturated heterocycles. The fourth-order valence-corrected chi connectivity index (χ4v) is 5.49. The van der Waals surface area contributed by atoms with E-state index in [1.165, 1.54) is 4.90 Å². The monoisotopic (exact) mass is 457 g/mol. The Labute approximate surface area is 191 Å². The number of amides is 1. The second-order valence-corrected chi connectivity index (χ2v) is 9.48. The SMILES string of the molecule is COc1ccc(SCCCC(=O)N2CCN(c3nc4c(OC)cccc4s3)CC2)cc1. The van der Waals surface area contributed by atoms with Gasteiger partial charge in [-0.3, -0.25) is 4.79 Å². The number of fused-ring (bicyclic) bond motifs is 1. The average molecular weight is 458 g/mol. The highest BCUT2D eigenvalue weighted by molar-refractivity contribution is 7.99. The number of thioether (sulfide) groups is 1. The number of nitrogens with zero attached hydrogens (tertiary/aromatic N) is 3. The molecule has 2 aromatic carbocycles. The van der Waals surface area contributed by atoms with Crippen LogP contribution in [0, 0.1) is 0 Å². The van der Waals surface area contributed by atoms with Crippen molar-refractivity contribution in [1.82, 2.24) is 9.88 Å². The van der Waals surface area contributed by atoms with E-state index in [2.05, 4.69) is 23.1 Å². The van der Waals surface area contributed by atoms with E-state index >= 15 is 0 Å². The van der Waals surface area contributed by atoms with Crippen molar-refractivity contribution in [3.05, 3.63) is 42.5 Å². The molecule has 2 heterocycles. The summed E-state index contributed by atoms with van der Waals surface area (Å²) in [6.45, 7) is 3.12. The normalized spacial score (nSPS) is 14.1. The largest absolute Gasteiger partial charge is 0.497 e. The van der Waals surface area contributed by atoms with Crippen molar-refractivity contribution in [1.29, 1.82) is 0 Å². The maximum atomic E-state index is 12.6. The summed E-state index contributed by atoms with van der Waals surface area (Å²) in [5.74, 6) is 2.86. The molecular weight excluding hydrogens is 430 g/mol. The maximum Gasteiger partial charge on any atom is 0.222 e. The van der Waals surface area contributed by atoms with Gasteiger partial charge in [0.2, 0.25) is 5.91 Å². The summed E-state index contributed by atoms with van der Waals surface area (Å²) >= 11 is 3.46. The van der Waals surface area contributed by atoms with Gasteiger partial charge in [-0.2, -0.15) is 0 Å². The zero-order valence-corrected chi connectivity index (χ0v) is 19.5. The van der Waals surface area contributed by atoms with Gasteiger partial charge < -0.3 is 19.3 Å². The van der Waals surface area contributed by atoms with Crippen LogP contribution in [0.1, 0.15) is 12.8 Å². The van der Waals surface area contributed by atoms with Crippen LogP contribution in [0.25, 0.3) is 10.2 Å². The van der Waals surface area contributed by atoms with E-state index in [0.717, 1.165) is 65.2 Å². The van der Waals surface area contributed by atoms with Crippen molar-refractivity contribution < 1.29 is 14.3 Å². The molecule has 0 unspecified atom stereocenters. The predicted molar refractivity (Wildman–Crippen MR) is 128 cm³/mol. The lowest BCUT2D eigenvalue weighted by molar-refractivity contribution is -0.131. The van der Waals surface area contributed by atoms with Gasteiger partial charge in [-0.25, -0.2) is 4.98 Å². The third-order valence-corrected chi connectivity index (χ3v) is 7.54. The van der Waals surface area contributed by atoms with Gasteiger partial charge in [0, 0.05) is 37.5 Å². The third kappa shape index (κ3) is 5.25. The quantitative estimate of drug-likeness (QED) is 0.366. The Bertz CT molecular complexity index is 1010. The first-order valence-corrected chi connectivity index (χ1v) is 12.2. The van der Waals surface area contributed by atoms with Crippen LogP contribution in [-0.2, 0) is 4.79 Å². The van der Waals surface area contributed by atoms with Crippen LogP contribution in [0.3, 0.4) is 0 Å². The van der Waals surface area contributed by atoms with E-state index < -0.39 is 0 Å². The van der Waals surface area contributed by atoms with Crippen molar-refractivity contribution in [3.63, 3.8) is 0 Å². The lowest BCUT2D eigenvalue weighted by Gasteiger charge is -2.34. The van der Waals surface area contributed by atoms with Gasteiger partial charge in [0.1, 0.15) is 17.0 Å². The van der Waals surface area contributed by atoms with Gasteiger partial charge in [-0.1, -0.05) is 17.4 Å². The maximum absolute atomic E-state index is 12.6. The standard InChI is InChI=1S/C23H27N3O3S2/c1-28-17-8-10-18(11-9-17)30-16-4-7-21(27)25-12-14-26(15-13-25)23-24-22-19(29-2)5-3-6-20(22)31-23/h3,5-6,8-11H,4,7,12-16H2,1-2H3. The minimum absolute atomic E-state index is 0.251. The van der Waals surface area contributed by atoms with E-state index in [0.29, 0.717) is 6.42 Å². The zero-order chi connectivity index (χ0) is 21.6. The number of ether oxygens (including phenoxy) is 2. The molecule has 31 heavy (non-hydrogen) atoms. The van der Waals surface area contributed by atoms with E-state index in [9.17, 15) is 4.79 Å². The molecule has 8 heteroatoms. The first kappa shape index (κ1) is 21.8. The van der Waals surface area contributed by atoms with Crippen LogP contribution >= 0.6 is 23.1 Å². The second kappa shape index (κ2) is 10.2. The van der Waals surface area contributed by atoms with Crippen LogP contribution < -0.4 is 14.4 Å². The molecule has 3 aromatic rings. The molecule has 0 N–H and O–H groups in total. The van der Waals surface area contributed by atoms with Crippen molar-refractivity contribution in [2.75, 3.05) is 51.1 Å². The molecule has 0 aliphatic carbocycles. The molecule has 6 nitrogen and oxygen atoms in total. The minimum atomic E-state index is 0.251. The van der Waals surface area contributed by atoms with Crippen LogP contribution in [0.5, 0.6) is 11.5 Å². The summed E-state index contributed by atoms with van der Waals surface area (Å²) in [5, 5.41) is 1.00. The Kier molecular flexibility index (Phi) is 7.19. The Morgan fingerprint density at radius 3 is 2.55 bits per heavy atom. The van der Waals surface area contributed by atoms with E-state index in [-0.39, 0.29) is 5.91 Å². The van der Waals surface area contributed by atoms with Gasteiger partial charge in [-0.05, 0) is 48.6 Å². The number of carbonyl (C=O) groups excluding carboxylic acids is 1. The molecule has 0 saturated carbocycles. The third-order valence-electron chi connectivity index (χ3n) is 5.36. The summed E-state index contributed by atoms with van der Waals surface area (Å²) in [5.41, 5.74) is 0.915. The Balaban J connectivity index is 1.22. The van der Waals surface area contributed by atoms with Gasteiger partial charge in [-0.15, -0.1) is 11.8 Å². The lowest BCUT2D eigenvalue weighted by atomic mass is 10.2. The van der Waals surface area contributed by atoms with Crippen LogP contribution in [0.4, 0.5) is 5.13 Å². The molecule has 0 bridgehead atoms. The fourth-order valence-electron chi connectivity index (χ4n) is 3.60. The number of hydrogen-bond donors (Lipinski definition) is 0.